The Bertz CT molecular complexity index is 3400. The summed E-state index contributed by atoms with van der Waals surface area (Å²) in [6.07, 6.45) is 6.55. The summed E-state index contributed by atoms with van der Waals surface area (Å²) in [6.45, 7) is 0. The van der Waals surface area contributed by atoms with Crippen LogP contribution in [0.2, 0.25) is 0 Å². The molecule has 0 fully saturated rings. The van der Waals surface area contributed by atoms with E-state index in [1.165, 1.54) is 100.0 Å². The second kappa shape index (κ2) is 15.9. The molecule has 0 saturated heterocycles. The van der Waals surface area contributed by atoms with E-state index in [1.54, 1.807) is 0 Å². The molecule has 0 spiro atoms. The highest BCUT2D eigenvalue weighted by Crippen LogP contribution is 2.51. The lowest BCUT2D eigenvalue weighted by atomic mass is 9.88. The molecule has 0 saturated carbocycles. The van der Waals surface area contributed by atoms with Crippen molar-refractivity contribution in [2.75, 3.05) is 4.90 Å². The maximum atomic E-state index is 2.49. The molecule has 0 bridgehead atoms. The SMILES string of the molecule is C1=C(c2ccc3c(c2)c2ccccc2n3-c2ccccc2)CCC(N(c2ccc(-c3ccccc3)cc2)c2ccc3c(c2)C(=C(c2ccccc2)c2ccccc2)c2ccccc2-3)=C1. The van der Waals surface area contributed by atoms with Crippen molar-refractivity contribution in [2.45, 2.75) is 12.8 Å². The number of fused-ring (bicyclic) bond motifs is 6. The maximum absolute atomic E-state index is 2.49. The van der Waals surface area contributed by atoms with Crippen molar-refractivity contribution in [3.05, 3.63) is 276 Å². The average molecular weight is 817 g/mol. The second-order valence-electron chi connectivity index (χ2n) is 16.8. The van der Waals surface area contributed by atoms with Gasteiger partial charge in [-0.3, -0.25) is 0 Å². The summed E-state index contributed by atoms with van der Waals surface area (Å²) in [5.41, 5.74) is 22.2. The van der Waals surface area contributed by atoms with Gasteiger partial charge in [0.1, 0.15) is 0 Å². The average Bonchev–Trinajstić information content (AvgIpc) is 3.88. The molecule has 0 aliphatic heterocycles. The van der Waals surface area contributed by atoms with Gasteiger partial charge < -0.3 is 9.47 Å². The number of anilines is 2. The van der Waals surface area contributed by atoms with Gasteiger partial charge in [-0.05, 0) is 140 Å². The number of hydrogen-bond acceptors (Lipinski definition) is 1. The first-order chi connectivity index (χ1) is 31.8. The van der Waals surface area contributed by atoms with Gasteiger partial charge in [-0.1, -0.05) is 182 Å². The highest BCUT2D eigenvalue weighted by molar-refractivity contribution is 6.14. The number of para-hydroxylation sites is 2. The predicted molar refractivity (Wildman–Crippen MR) is 270 cm³/mol. The standard InChI is InChI=1S/C62H44N2/c1-5-17-43(18-6-1)44-29-34-50(35-30-44)63(51-36-31-45(32-37-51)48-33-40-60-57(41-48)55-26-15-16-28-59(55)64(60)49-23-11-4-12-24-49)52-38-39-54-53-25-13-14-27-56(53)62(58(54)42-52)61(46-19-7-2-8-20-46)47-21-9-3-10-22-47/h1-31,33-36,38-42H,32,37H2. The van der Waals surface area contributed by atoms with E-state index in [1.807, 2.05) is 0 Å². The van der Waals surface area contributed by atoms with Crippen molar-refractivity contribution in [2.24, 2.45) is 0 Å². The lowest BCUT2D eigenvalue weighted by Crippen LogP contribution is -2.18. The Morgan fingerprint density at radius 1 is 0.375 bits per heavy atom. The Morgan fingerprint density at radius 3 is 1.64 bits per heavy atom. The Balaban J connectivity index is 1.00. The van der Waals surface area contributed by atoms with Gasteiger partial charge >= 0.3 is 0 Å². The first-order valence-electron chi connectivity index (χ1n) is 22.3. The molecule has 2 nitrogen and oxygen atoms in total. The van der Waals surface area contributed by atoms with Gasteiger partial charge in [-0.2, -0.15) is 0 Å². The van der Waals surface area contributed by atoms with E-state index in [0.717, 1.165) is 24.2 Å². The van der Waals surface area contributed by atoms with E-state index in [9.17, 15) is 0 Å². The molecule has 0 radical (unpaired) electrons. The smallest absolute Gasteiger partial charge is 0.0541 e. The first-order valence-corrected chi connectivity index (χ1v) is 22.3. The topological polar surface area (TPSA) is 8.17 Å². The fourth-order valence-corrected chi connectivity index (χ4v) is 10.1. The summed E-state index contributed by atoms with van der Waals surface area (Å²) in [5, 5.41) is 2.55. The Hall–Kier alpha value is -8.20. The number of aromatic nitrogens is 1. The monoisotopic (exact) mass is 816 g/mol. The van der Waals surface area contributed by atoms with Gasteiger partial charge in [0, 0.05) is 33.5 Å². The molecule has 10 aromatic rings. The van der Waals surface area contributed by atoms with Crippen LogP contribution >= 0.6 is 0 Å². The zero-order valence-corrected chi connectivity index (χ0v) is 35.4. The number of rotatable bonds is 8. The molecule has 12 rings (SSSR count). The molecule has 2 aliphatic carbocycles. The quantitative estimate of drug-likeness (QED) is 0.148. The van der Waals surface area contributed by atoms with Crippen molar-refractivity contribution in [3.63, 3.8) is 0 Å². The van der Waals surface area contributed by atoms with Gasteiger partial charge in [0.05, 0.1) is 11.0 Å². The predicted octanol–water partition coefficient (Wildman–Crippen LogP) is 16.3. The normalized spacial score (nSPS) is 13.0. The van der Waals surface area contributed by atoms with E-state index < -0.39 is 0 Å². The lowest BCUT2D eigenvalue weighted by molar-refractivity contribution is 0.930. The number of allylic oxidation sites excluding steroid dienone is 4. The van der Waals surface area contributed by atoms with Gasteiger partial charge in [0.2, 0.25) is 0 Å². The number of hydrogen-bond donors (Lipinski definition) is 0. The lowest BCUT2D eigenvalue weighted by Gasteiger charge is -2.30. The molecule has 0 atom stereocenters. The molecule has 9 aromatic carbocycles. The number of nitrogens with zero attached hydrogens (tertiary/aromatic N) is 2. The second-order valence-corrected chi connectivity index (χ2v) is 16.8. The Morgan fingerprint density at radius 2 is 0.938 bits per heavy atom. The third-order valence-electron chi connectivity index (χ3n) is 13.1. The molecule has 1 heterocycles. The van der Waals surface area contributed by atoms with E-state index in [4.69, 9.17) is 0 Å². The fraction of sp³-hybridized carbons (Fsp3) is 0.0323. The zero-order chi connectivity index (χ0) is 42.4. The maximum Gasteiger partial charge on any atom is 0.0541 e. The van der Waals surface area contributed by atoms with E-state index in [2.05, 4.69) is 252 Å². The van der Waals surface area contributed by atoms with Crippen molar-refractivity contribution in [3.8, 4) is 27.9 Å². The largest absolute Gasteiger partial charge is 0.314 e. The van der Waals surface area contributed by atoms with Crippen LogP contribution in [0.3, 0.4) is 0 Å². The Kier molecular flexibility index (Phi) is 9.34. The minimum absolute atomic E-state index is 0.898. The highest BCUT2D eigenvalue weighted by atomic mass is 15.1. The first kappa shape index (κ1) is 37.6. The van der Waals surface area contributed by atoms with Gasteiger partial charge in [-0.25, -0.2) is 0 Å². The Labute approximate surface area is 374 Å². The van der Waals surface area contributed by atoms with E-state index in [0.29, 0.717) is 0 Å². The minimum atomic E-state index is 0.898. The summed E-state index contributed by atoms with van der Waals surface area (Å²) in [5.74, 6) is 0. The molecular weight excluding hydrogens is 773 g/mol. The molecule has 302 valence electrons. The van der Waals surface area contributed by atoms with Gasteiger partial charge in [0.15, 0.2) is 0 Å². The molecule has 0 unspecified atom stereocenters. The van der Waals surface area contributed by atoms with E-state index in [-0.39, 0.29) is 0 Å². The third kappa shape index (κ3) is 6.51. The summed E-state index contributed by atoms with van der Waals surface area (Å²) in [4.78, 5) is 2.49. The van der Waals surface area contributed by atoms with Crippen LogP contribution in [0, 0.1) is 0 Å². The summed E-state index contributed by atoms with van der Waals surface area (Å²) >= 11 is 0. The highest BCUT2D eigenvalue weighted by Gasteiger charge is 2.29. The van der Waals surface area contributed by atoms with Crippen molar-refractivity contribution in [1.29, 1.82) is 0 Å². The molecule has 1 aromatic heterocycles. The third-order valence-corrected chi connectivity index (χ3v) is 13.1. The molecule has 2 heteroatoms. The summed E-state index contributed by atoms with van der Waals surface area (Å²) in [7, 11) is 0. The van der Waals surface area contributed by atoms with Crippen LogP contribution in [0.4, 0.5) is 11.4 Å². The van der Waals surface area contributed by atoms with Gasteiger partial charge in [0.25, 0.3) is 0 Å². The molecule has 64 heavy (non-hydrogen) atoms. The van der Waals surface area contributed by atoms with Crippen LogP contribution in [-0.2, 0) is 0 Å². The van der Waals surface area contributed by atoms with Crippen LogP contribution in [0.25, 0.3) is 66.5 Å². The van der Waals surface area contributed by atoms with Crippen molar-refractivity contribution < 1.29 is 0 Å². The molecular formula is C62H44N2. The summed E-state index contributed by atoms with van der Waals surface area (Å²) < 4.78 is 2.39. The van der Waals surface area contributed by atoms with Gasteiger partial charge in [-0.15, -0.1) is 0 Å². The summed E-state index contributed by atoms with van der Waals surface area (Å²) in [6, 6.07) is 84.1. The fourth-order valence-electron chi connectivity index (χ4n) is 10.1. The molecule has 0 amide bonds. The van der Waals surface area contributed by atoms with Crippen LogP contribution in [0.15, 0.2) is 248 Å². The van der Waals surface area contributed by atoms with E-state index >= 15 is 0 Å². The molecule has 2 aliphatic rings. The minimum Gasteiger partial charge on any atom is -0.314 e. The van der Waals surface area contributed by atoms with Crippen molar-refractivity contribution >= 4 is 49.9 Å². The number of benzene rings is 9. The molecule has 0 N–H and O–H groups in total. The van der Waals surface area contributed by atoms with Crippen LogP contribution in [-0.4, -0.2) is 4.57 Å². The van der Waals surface area contributed by atoms with Crippen LogP contribution in [0.1, 0.15) is 40.7 Å². The zero-order valence-electron chi connectivity index (χ0n) is 35.4. The van der Waals surface area contributed by atoms with Crippen molar-refractivity contribution in [1.82, 2.24) is 4.57 Å². The van der Waals surface area contributed by atoms with Crippen LogP contribution < -0.4 is 4.90 Å². The van der Waals surface area contributed by atoms with Crippen LogP contribution in [0.5, 0.6) is 0 Å².